The van der Waals surface area contributed by atoms with E-state index in [-0.39, 0.29) is 12.0 Å². The van der Waals surface area contributed by atoms with E-state index in [0.717, 1.165) is 58.0 Å². The Labute approximate surface area is 135 Å². The van der Waals surface area contributed by atoms with Gasteiger partial charge < -0.3 is 20.2 Å². The van der Waals surface area contributed by atoms with Crippen LogP contribution in [-0.2, 0) is 4.79 Å². The molecule has 0 spiro atoms. The number of aliphatic hydroxyl groups is 1. The van der Waals surface area contributed by atoms with Crippen molar-refractivity contribution in [1.82, 2.24) is 15.1 Å². The second kappa shape index (κ2) is 8.85. The Bertz CT molecular complexity index is 335. The van der Waals surface area contributed by atoms with Crippen LogP contribution in [0.1, 0.15) is 39.0 Å². The fourth-order valence-electron chi connectivity index (χ4n) is 3.64. The number of carbonyl (C=O) groups is 1. The average molecular weight is 311 g/mol. The van der Waals surface area contributed by atoms with Gasteiger partial charge in [0.2, 0.25) is 5.91 Å². The molecule has 2 fully saturated rings. The van der Waals surface area contributed by atoms with Crippen molar-refractivity contribution in [2.45, 2.75) is 45.1 Å². The van der Waals surface area contributed by atoms with Crippen LogP contribution in [0.2, 0.25) is 0 Å². The van der Waals surface area contributed by atoms with E-state index in [2.05, 4.69) is 22.0 Å². The highest BCUT2D eigenvalue weighted by Crippen LogP contribution is 2.21. The molecule has 2 saturated heterocycles. The van der Waals surface area contributed by atoms with Crippen LogP contribution in [-0.4, -0.2) is 73.2 Å². The zero-order chi connectivity index (χ0) is 15.9. The zero-order valence-corrected chi connectivity index (χ0v) is 14.3. The van der Waals surface area contributed by atoms with Crippen LogP contribution in [0.5, 0.6) is 0 Å². The summed E-state index contributed by atoms with van der Waals surface area (Å²) in [5.74, 6) is 1.50. The van der Waals surface area contributed by atoms with E-state index in [4.69, 9.17) is 0 Å². The number of aliphatic hydroxyl groups excluding tert-OH is 1. The highest BCUT2D eigenvalue weighted by molar-refractivity contribution is 5.75. The van der Waals surface area contributed by atoms with Gasteiger partial charge in [0, 0.05) is 26.6 Å². The minimum absolute atomic E-state index is 0.151. The first-order chi connectivity index (χ1) is 10.6. The van der Waals surface area contributed by atoms with Gasteiger partial charge in [0.25, 0.3) is 0 Å². The predicted octanol–water partition coefficient (Wildman–Crippen LogP) is 0.927. The van der Waals surface area contributed by atoms with Crippen LogP contribution in [0.4, 0.5) is 0 Å². The van der Waals surface area contributed by atoms with Crippen LogP contribution in [0, 0.1) is 11.8 Å². The van der Waals surface area contributed by atoms with Crippen LogP contribution < -0.4 is 5.32 Å². The van der Waals surface area contributed by atoms with Gasteiger partial charge in [-0.3, -0.25) is 4.79 Å². The molecule has 0 radical (unpaired) electrons. The van der Waals surface area contributed by atoms with E-state index < -0.39 is 0 Å². The zero-order valence-electron chi connectivity index (χ0n) is 14.3. The summed E-state index contributed by atoms with van der Waals surface area (Å²) in [6.07, 6.45) is 5.07. The fraction of sp³-hybridized carbons (Fsp3) is 0.941. The number of carbonyl (C=O) groups excluding carboxylic acids is 1. The Kier molecular flexibility index (Phi) is 7.12. The molecule has 5 nitrogen and oxygen atoms in total. The Morgan fingerprint density at radius 2 is 1.59 bits per heavy atom. The average Bonchev–Trinajstić information content (AvgIpc) is 2.51. The topological polar surface area (TPSA) is 55.8 Å². The number of amides is 1. The van der Waals surface area contributed by atoms with Gasteiger partial charge in [-0.25, -0.2) is 0 Å². The van der Waals surface area contributed by atoms with Gasteiger partial charge in [0.15, 0.2) is 0 Å². The molecule has 0 saturated carbocycles. The lowest BCUT2D eigenvalue weighted by molar-refractivity contribution is -0.121. The summed E-state index contributed by atoms with van der Waals surface area (Å²) in [5, 5.41) is 13.0. The van der Waals surface area contributed by atoms with E-state index >= 15 is 0 Å². The lowest BCUT2D eigenvalue weighted by atomic mass is 9.93. The van der Waals surface area contributed by atoms with E-state index in [0.29, 0.717) is 12.3 Å². The third-order valence-corrected chi connectivity index (χ3v) is 5.27. The minimum atomic E-state index is -0.246. The molecule has 1 atom stereocenters. The molecule has 22 heavy (non-hydrogen) atoms. The first-order valence-corrected chi connectivity index (χ1v) is 8.90. The quantitative estimate of drug-likeness (QED) is 0.766. The third-order valence-electron chi connectivity index (χ3n) is 5.27. The molecule has 0 aliphatic carbocycles. The van der Waals surface area contributed by atoms with Crippen molar-refractivity contribution in [2.24, 2.45) is 11.8 Å². The van der Waals surface area contributed by atoms with E-state index in [1.807, 2.05) is 0 Å². The number of piperidine rings is 2. The summed E-state index contributed by atoms with van der Waals surface area (Å²) >= 11 is 0. The Morgan fingerprint density at radius 3 is 2.09 bits per heavy atom. The molecule has 2 aliphatic rings. The van der Waals surface area contributed by atoms with Crippen molar-refractivity contribution in [2.75, 3.05) is 46.3 Å². The molecule has 0 aromatic carbocycles. The first-order valence-electron chi connectivity index (χ1n) is 8.90. The highest BCUT2D eigenvalue weighted by atomic mass is 16.3. The van der Waals surface area contributed by atoms with Gasteiger partial charge >= 0.3 is 0 Å². The summed E-state index contributed by atoms with van der Waals surface area (Å²) < 4.78 is 0. The second-order valence-electron chi connectivity index (χ2n) is 7.26. The molecular weight excluding hydrogens is 278 g/mol. The van der Waals surface area contributed by atoms with Crippen molar-refractivity contribution in [1.29, 1.82) is 0 Å². The molecule has 1 amide bonds. The van der Waals surface area contributed by atoms with Crippen LogP contribution in [0.15, 0.2) is 0 Å². The van der Waals surface area contributed by atoms with E-state index in [1.54, 1.807) is 7.05 Å². The van der Waals surface area contributed by atoms with Crippen molar-refractivity contribution in [3.63, 3.8) is 0 Å². The number of likely N-dealkylation sites (tertiary alicyclic amines) is 2. The van der Waals surface area contributed by atoms with Crippen LogP contribution >= 0.6 is 0 Å². The fourth-order valence-corrected chi connectivity index (χ4v) is 3.64. The first kappa shape index (κ1) is 17.7. The molecule has 1 unspecified atom stereocenters. The molecule has 0 aromatic heterocycles. The van der Waals surface area contributed by atoms with Gasteiger partial charge in [-0.1, -0.05) is 6.92 Å². The molecule has 2 heterocycles. The lowest BCUT2D eigenvalue weighted by Gasteiger charge is -2.35. The minimum Gasteiger partial charge on any atom is -0.390 e. The number of rotatable bonds is 6. The van der Waals surface area contributed by atoms with Gasteiger partial charge in [0.1, 0.15) is 0 Å². The molecule has 2 aliphatic heterocycles. The molecule has 2 rings (SSSR count). The summed E-state index contributed by atoms with van der Waals surface area (Å²) in [4.78, 5) is 16.2. The molecule has 0 aromatic rings. The maximum absolute atomic E-state index is 11.4. The Hall–Kier alpha value is -0.650. The number of nitrogens with one attached hydrogen (secondary N) is 1. The van der Waals surface area contributed by atoms with E-state index in [1.165, 1.54) is 12.8 Å². The lowest BCUT2D eigenvalue weighted by Crippen LogP contribution is -2.45. The smallest absolute Gasteiger partial charge is 0.220 e. The van der Waals surface area contributed by atoms with Crippen molar-refractivity contribution >= 4 is 5.91 Å². The van der Waals surface area contributed by atoms with E-state index in [9.17, 15) is 9.90 Å². The maximum Gasteiger partial charge on any atom is 0.220 e. The van der Waals surface area contributed by atoms with Crippen molar-refractivity contribution < 1.29 is 9.90 Å². The Morgan fingerprint density at radius 1 is 1.09 bits per heavy atom. The molecule has 0 bridgehead atoms. The largest absolute Gasteiger partial charge is 0.390 e. The molecular formula is C17H33N3O2. The summed E-state index contributed by atoms with van der Waals surface area (Å²) in [5.41, 5.74) is 0. The normalized spacial score (nSPS) is 24.3. The summed E-state index contributed by atoms with van der Waals surface area (Å²) in [7, 11) is 1.70. The maximum atomic E-state index is 11.4. The van der Waals surface area contributed by atoms with Crippen LogP contribution in [0.3, 0.4) is 0 Å². The predicted molar refractivity (Wildman–Crippen MR) is 88.7 cm³/mol. The van der Waals surface area contributed by atoms with Gasteiger partial charge in [-0.15, -0.1) is 0 Å². The van der Waals surface area contributed by atoms with Crippen LogP contribution in [0.25, 0.3) is 0 Å². The SMILES string of the molecule is CNC(=O)CC1CCN(CC(O)CN2CCC(C)CC2)CC1. The standard InChI is InChI=1S/C17H33N3O2/c1-14-3-7-19(8-4-14)12-16(21)13-20-9-5-15(6-10-20)11-17(22)18-2/h14-16,21H,3-13H2,1-2H3,(H,18,22). The highest BCUT2D eigenvalue weighted by Gasteiger charge is 2.24. The van der Waals surface area contributed by atoms with Gasteiger partial charge in [-0.05, 0) is 63.7 Å². The van der Waals surface area contributed by atoms with Gasteiger partial charge in [0.05, 0.1) is 6.10 Å². The van der Waals surface area contributed by atoms with Gasteiger partial charge in [-0.2, -0.15) is 0 Å². The molecule has 5 heteroatoms. The summed E-state index contributed by atoms with van der Waals surface area (Å²) in [6, 6.07) is 0. The van der Waals surface area contributed by atoms with Crippen molar-refractivity contribution in [3.05, 3.63) is 0 Å². The Balaban J connectivity index is 1.62. The third kappa shape index (κ3) is 5.86. The molecule has 128 valence electrons. The number of hydrogen-bond acceptors (Lipinski definition) is 4. The summed E-state index contributed by atoms with van der Waals surface area (Å²) in [6.45, 7) is 8.19. The number of β-amino-alcohol motifs (C(OH)–C–C–N with tert-alkyl or cyclic N) is 1. The molecule has 2 N–H and O–H groups in total. The van der Waals surface area contributed by atoms with Crippen molar-refractivity contribution in [3.8, 4) is 0 Å². The monoisotopic (exact) mass is 311 g/mol. The second-order valence-corrected chi connectivity index (χ2v) is 7.26. The number of hydrogen-bond donors (Lipinski definition) is 2. The number of nitrogens with zero attached hydrogens (tertiary/aromatic N) is 2.